The lowest BCUT2D eigenvalue weighted by Gasteiger charge is -2.53. The van der Waals surface area contributed by atoms with Crippen LogP contribution in [0.1, 0.15) is 70.5 Å². The molecule has 1 saturated heterocycles. The van der Waals surface area contributed by atoms with Crippen LogP contribution in [0.5, 0.6) is 0 Å². The molecule has 4 atom stereocenters. The molecule has 4 rings (SSSR count). The molecule has 1 aromatic carbocycles. The lowest BCUT2D eigenvalue weighted by atomic mass is 9.51. The maximum Gasteiger partial charge on any atom is 0.340 e. The minimum Gasteiger partial charge on any atom is -0.468 e. The smallest absolute Gasteiger partial charge is 0.340 e. The van der Waals surface area contributed by atoms with E-state index in [2.05, 4.69) is 0 Å². The van der Waals surface area contributed by atoms with E-state index in [1.807, 2.05) is 44.2 Å². The van der Waals surface area contributed by atoms with Gasteiger partial charge in [0.15, 0.2) is 18.2 Å². The number of ether oxygens (including phenoxy) is 4. The molecule has 1 unspecified atom stereocenters. The number of esters is 2. The Morgan fingerprint density at radius 2 is 1.85 bits per heavy atom. The third-order valence-corrected chi connectivity index (χ3v) is 7.62. The summed E-state index contributed by atoms with van der Waals surface area (Å²) in [5, 5.41) is 0. The Kier molecular flexibility index (Phi) is 7.24. The van der Waals surface area contributed by atoms with Crippen LogP contribution in [-0.2, 0) is 33.3 Å². The average molecular weight is 471 g/mol. The van der Waals surface area contributed by atoms with Crippen molar-refractivity contribution in [3.05, 3.63) is 47.5 Å². The summed E-state index contributed by atoms with van der Waals surface area (Å²) in [6.07, 6.45) is 3.76. The van der Waals surface area contributed by atoms with Gasteiger partial charge in [-0.3, -0.25) is 9.59 Å². The number of ketones is 1. The number of fused-ring (bicyclic) bond motifs is 1. The number of hydrogen-bond acceptors (Lipinski definition) is 7. The summed E-state index contributed by atoms with van der Waals surface area (Å²) in [5.74, 6) is -1.01. The second-order valence-electron chi connectivity index (χ2n) is 10.0. The van der Waals surface area contributed by atoms with Gasteiger partial charge in [0.2, 0.25) is 0 Å². The van der Waals surface area contributed by atoms with E-state index < -0.39 is 35.3 Å². The highest BCUT2D eigenvalue weighted by atomic mass is 16.7. The van der Waals surface area contributed by atoms with Crippen molar-refractivity contribution in [2.45, 2.75) is 77.3 Å². The van der Waals surface area contributed by atoms with Crippen LogP contribution in [-0.4, -0.2) is 43.8 Å². The summed E-state index contributed by atoms with van der Waals surface area (Å²) in [5.41, 5.74) is -0.235. The molecular formula is C27H34O7. The van der Waals surface area contributed by atoms with E-state index in [1.54, 1.807) is 0 Å². The van der Waals surface area contributed by atoms with Crippen molar-refractivity contribution in [2.75, 3.05) is 13.7 Å². The van der Waals surface area contributed by atoms with Crippen molar-refractivity contribution in [1.82, 2.24) is 0 Å². The van der Waals surface area contributed by atoms with Crippen LogP contribution in [0, 0.1) is 10.8 Å². The molecule has 1 aliphatic heterocycles. The largest absolute Gasteiger partial charge is 0.468 e. The lowest BCUT2D eigenvalue weighted by molar-refractivity contribution is -0.209. The van der Waals surface area contributed by atoms with E-state index in [1.165, 1.54) is 13.2 Å². The SMILES string of the molecule is COC(=O)[C@@]12CCC(=O)C=C1[C@@H](OC(=O)[C@@H](OC1CCCCO1)c1ccccc1)CCC2(C)C. The van der Waals surface area contributed by atoms with Crippen molar-refractivity contribution >= 4 is 17.7 Å². The molecule has 0 spiro atoms. The summed E-state index contributed by atoms with van der Waals surface area (Å²) in [7, 11) is 1.36. The molecule has 1 heterocycles. The fourth-order valence-corrected chi connectivity index (χ4v) is 5.64. The van der Waals surface area contributed by atoms with Crippen LogP contribution >= 0.6 is 0 Å². The Labute approximate surface area is 200 Å². The van der Waals surface area contributed by atoms with Crippen LogP contribution in [0.3, 0.4) is 0 Å². The van der Waals surface area contributed by atoms with Gasteiger partial charge in [0, 0.05) is 13.0 Å². The first-order chi connectivity index (χ1) is 16.3. The molecule has 34 heavy (non-hydrogen) atoms. The van der Waals surface area contributed by atoms with Crippen LogP contribution in [0.4, 0.5) is 0 Å². The summed E-state index contributed by atoms with van der Waals surface area (Å²) in [6.45, 7) is 4.62. The highest BCUT2D eigenvalue weighted by Gasteiger charge is 2.60. The van der Waals surface area contributed by atoms with Crippen LogP contribution < -0.4 is 0 Å². The number of methoxy groups -OCH3 is 1. The number of benzene rings is 1. The van der Waals surface area contributed by atoms with Gasteiger partial charge in [-0.1, -0.05) is 44.2 Å². The van der Waals surface area contributed by atoms with Crippen molar-refractivity contribution in [1.29, 1.82) is 0 Å². The molecule has 2 fully saturated rings. The first kappa shape index (κ1) is 24.6. The van der Waals surface area contributed by atoms with Gasteiger partial charge < -0.3 is 18.9 Å². The zero-order chi connectivity index (χ0) is 24.3. The van der Waals surface area contributed by atoms with Crippen LogP contribution in [0.2, 0.25) is 0 Å². The Hall–Kier alpha value is -2.51. The molecule has 1 saturated carbocycles. The Morgan fingerprint density at radius 3 is 2.53 bits per heavy atom. The van der Waals surface area contributed by atoms with Crippen LogP contribution in [0.25, 0.3) is 0 Å². The molecule has 3 aliphatic rings. The van der Waals surface area contributed by atoms with E-state index in [-0.39, 0.29) is 18.2 Å². The van der Waals surface area contributed by atoms with E-state index in [0.29, 0.717) is 43.4 Å². The number of rotatable bonds is 6. The van der Waals surface area contributed by atoms with Gasteiger partial charge in [-0.2, -0.15) is 0 Å². The number of carbonyl (C=O) groups excluding carboxylic acids is 3. The quantitative estimate of drug-likeness (QED) is 0.568. The predicted octanol–water partition coefficient (Wildman–Crippen LogP) is 4.45. The Balaban J connectivity index is 1.63. The normalized spacial score (nSPS) is 29.4. The van der Waals surface area contributed by atoms with Crippen molar-refractivity contribution in [2.24, 2.45) is 10.8 Å². The van der Waals surface area contributed by atoms with E-state index in [0.717, 1.165) is 12.8 Å². The lowest BCUT2D eigenvalue weighted by Crippen LogP contribution is -2.55. The van der Waals surface area contributed by atoms with Gasteiger partial charge in [0.1, 0.15) is 6.10 Å². The number of carbonyl (C=O) groups is 3. The first-order valence-electron chi connectivity index (χ1n) is 12.1. The third-order valence-electron chi connectivity index (χ3n) is 7.62. The average Bonchev–Trinajstić information content (AvgIpc) is 2.85. The molecular weight excluding hydrogens is 436 g/mol. The first-order valence-corrected chi connectivity index (χ1v) is 12.1. The van der Waals surface area contributed by atoms with Gasteiger partial charge >= 0.3 is 11.9 Å². The highest BCUT2D eigenvalue weighted by Crippen LogP contribution is 2.58. The molecule has 0 bridgehead atoms. The molecule has 7 heteroatoms. The van der Waals surface area contributed by atoms with Crippen LogP contribution in [0.15, 0.2) is 42.0 Å². The number of allylic oxidation sites excluding steroid dienone is 1. The summed E-state index contributed by atoms with van der Waals surface area (Å²) < 4.78 is 23.1. The maximum atomic E-state index is 13.5. The molecule has 184 valence electrons. The summed E-state index contributed by atoms with van der Waals surface area (Å²) in [6, 6.07) is 9.19. The van der Waals surface area contributed by atoms with E-state index in [9.17, 15) is 14.4 Å². The van der Waals surface area contributed by atoms with E-state index >= 15 is 0 Å². The fraction of sp³-hybridized carbons (Fsp3) is 0.593. The van der Waals surface area contributed by atoms with Gasteiger partial charge in [-0.05, 0) is 61.2 Å². The molecule has 0 radical (unpaired) electrons. The zero-order valence-electron chi connectivity index (χ0n) is 20.2. The molecule has 1 aromatic rings. The monoisotopic (exact) mass is 470 g/mol. The van der Waals surface area contributed by atoms with Crippen molar-refractivity contribution in [3.8, 4) is 0 Å². The molecule has 2 aliphatic carbocycles. The van der Waals surface area contributed by atoms with E-state index in [4.69, 9.17) is 18.9 Å². The standard InChI is InChI=1S/C27H34O7/c1-26(2)14-13-21(20-17-19(28)12-15-27(20,26)25(30)31-3)33-24(29)23(18-9-5-4-6-10-18)34-22-11-7-8-16-32-22/h4-6,9-10,17,21-23H,7-8,11-16H2,1-3H3/t21-,22?,23-,27+/m0/s1. The maximum absolute atomic E-state index is 13.5. The fourth-order valence-electron chi connectivity index (χ4n) is 5.64. The van der Waals surface area contributed by atoms with Crippen molar-refractivity contribution < 1.29 is 33.3 Å². The van der Waals surface area contributed by atoms with Gasteiger partial charge in [-0.15, -0.1) is 0 Å². The molecule has 0 aromatic heterocycles. The van der Waals surface area contributed by atoms with Gasteiger partial charge in [0.05, 0.1) is 12.5 Å². The third kappa shape index (κ3) is 4.56. The highest BCUT2D eigenvalue weighted by molar-refractivity contribution is 5.96. The topological polar surface area (TPSA) is 88.1 Å². The second kappa shape index (κ2) is 10.0. The molecule has 0 amide bonds. The molecule has 0 N–H and O–H groups in total. The summed E-state index contributed by atoms with van der Waals surface area (Å²) in [4.78, 5) is 39.1. The molecule has 7 nitrogen and oxygen atoms in total. The second-order valence-corrected chi connectivity index (χ2v) is 10.0. The summed E-state index contributed by atoms with van der Waals surface area (Å²) >= 11 is 0. The Morgan fingerprint density at radius 1 is 1.09 bits per heavy atom. The number of hydrogen-bond donors (Lipinski definition) is 0. The Bertz CT molecular complexity index is 945. The minimum atomic E-state index is -1.01. The zero-order valence-corrected chi connectivity index (χ0v) is 20.2. The minimum absolute atomic E-state index is 0.0697. The van der Waals surface area contributed by atoms with Crippen molar-refractivity contribution in [3.63, 3.8) is 0 Å². The predicted molar refractivity (Wildman–Crippen MR) is 124 cm³/mol. The van der Waals surface area contributed by atoms with Gasteiger partial charge in [0.25, 0.3) is 0 Å². The van der Waals surface area contributed by atoms with Gasteiger partial charge in [-0.25, -0.2) is 4.79 Å².